The molecule has 164 valence electrons. The van der Waals surface area contributed by atoms with E-state index in [1.165, 1.54) is 26.4 Å². The van der Waals surface area contributed by atoms with E-state index in [4.69, 9.17) is 4.84 Å². The van der Waals surface area contributed by atoms with Gasteiger partial charge in [0.2, 0.25) is 0 Å². The molecule has 0 fully saturated rings. The highest BCUT2D eigenvalue weighted by Gasteiger charge is 2.71. The Kier molecular flexibility index (Phi) is 6.48. The number of pyridine rings is 1. The number of halogens is 6. The third-order valence-corrected chi connectivity index (χ3v) is 4.55. The Morgan fingerprint density at radius 1 is 1.10 bits per heavy atom. The van der Waals surface area contributed by atoms with Crippen LogP contribution in [-0.4, -0.2) is 47.6 Å². The summed E-state index contributed by atoms with van der Waals surface area (Å²) in [6.45, 7) is 1.75. The number of alkyl halides is 6. The summed E-state index contributed by atoms with van der Waals surface area (Å²) in [6.07, 6.45) is -10.3. The second-order valence-corrected chi connectivity index (χ2v) is 6.35. The summed E-state index contributed by atoms with van der Waals surface area (Å²) in [5.41, 5.74) is -5.12. The molecule has 0 saturated carbocycles. The molecule has 2 aromatic rings. The Morgan fingerprint density at radius 2 is 1.63 bits per heavy atom. The number of carbonyl (C=O) groups excluding carboxylic acids is 1. The number of benzene rings is 1. The zero-order valence-corrected chi connectivity index (χ0v) is 16.1. The van der Waals surface area contributed by atoms with Gasteiger partial charge in [-0.3, -0.25) is 14.6 Å². The summed E-state index contributed by atoms with van der Waals surface area (Å²) in [4.78, 5) is 21.1. The van der Waals surface area contributed by atoms with Crippen LogP contribution in [0.2, 0.25) is 0 Å². The Bertz CT molecular complexity index is 896. The number of amides is 1. The summed E-state index contributed by atoms with van der Waals surface area (Å²) in [6, 6.07) is 4.62. The zero-order valence-electron chi connectivity index (χ0n) is 16.1. The van der Waals surface area contributed by atoms with Gasteiger partial charge in [0.1, 0.15) is 0 Å². The van der Waals surface area contributed by atoms with Crippen LogP contribution in [0.4, 0.5) is 26.3 Å². The predicted molar refractivity (Wildman–Crippen MR) is 94.2 cm³/mol. The number of carbonyl (C=O) groups is 1. The molecule has 1 aromatic carbocycles. The minimum atomic E-state index is -5.96. The second-order valence-electron chi connectivity index (χ2n) is 6.35. The van der Waals surface area contributed by atoms with Gasteiger partial charge in [-0.2, -0.15) is 26.3 Å². The van der Waals surface area contributed by atoms with Crippen LogP contribution in [0.3, 0.4) is 0 Å². The fraction of sp³-hybridized carbons (Fsp3) is 0.368. The first kappa shape index (κ1) is 23.6. The minimum Gasteiger partial charge on any atom is -0.369 e. The molecule has 0 unspecified atom stereocenters. The molecule has 1 N–H and O–H groups in total. The van der Waals surface area contributed by atoms with Gasteiger partial charge in [-0.05, 0) is 18.1 Å². The van der Waals surface area contributed by atoms with Crippen molar-refractivity contribution in [2.24, 2.45) is 0 Å². The number of aliphatic hydroxyl groups is 1. The van der Waals surface area contributed by atoms with Crippen LogP contribution in [-0.2, 0) is 16.9 Å². The van der Waals surface area contributed by atoms with Gasteiger partial charge in [0, 0.05) is 24.4 Å². The van der Waals surface area contributed by atoms with Crippen molar-refractivity contribution in [2.75, 3.05) is 14.2 Å². The quantitative estimate of drug-likeness (QED) is 0.562. The summed E-state index contributed by atoms with van der Waals surface area (Å²) < 4.78 is 78.1. The fourth-order valence-electron chi connectivity index (χ4n) is 2.78. The van der Waals surface area contributed by atoms with Gasteiger partial charge in [-0.15, -0.1) is 0 Å². The van der Waals surface area contributed by atoms with Crippen LogP contribution in [0.25, 0.3) is 11.3 Å². The van der Waals surface area contributed by atoms with Gasteiger partial charge in [-0.1, -0.05) is 31.2 Å². The topological polar surface area (TPSA) is 62.7 Å². The lowest BCUT2D eigenvalue weighted by Gasteiger charge is -2.32. The maximum Gasteiger partial charge on any atom is 0.430 e. The summed E-state index contributed by atoms with van der Waals surface area (Å²) >= 11 is 0. The molecule has 11 heteroatoms. The second kappa shape index (κ2) is 8.23. The lowest BCUT2D eigenvalue weighted by Crippen LogP contribution is -2.53. The van der Waals surface area contributed by atoms with Crippen LogP contribution >= 0.6 is 0 Å². The normalized spacial score (nSPS) is 12.7. The van der Waals surface area contributed by atoms with E-state index < -0.39 is 29.4 Å². The summed E-state index contributed by atoms with van der Waals surface area (Å²) in [5.74, 6) is -0.484. The van der Waals surface area contributed by atoms with Crippen molar-refractivity contribution in [1.29, 1.82) is 0 Å². The monoisotopic (exact) mass is 436 g/mol. The van der Waals surface area contributed by atoms with Crippen LogP contribution in [0, 0.1) is 0 Å². The number of aromatic nitrogens is 1. The van der Waals surface area contributed by atoms with Gasteiger partial charge in [0.15, 0.2) is 0 Å². The highest BCUT2D eigenvalue weighted by molar-refractivity contribution is 5.93. The predicted octanol–water partition coefficient (Wildman–Crippen LogP) is 4.26. The standard InChI is InChI=1S/C19H18F6N2O3/c1-4-11-9-13(16(28)27(2)30-3)10-26-15(11)12-5-7-14(8-6-12)17(29,18(20,21)22)19(23,24)25/h5-10,29H,4H2,1-3H3. The average molecular weight is 436 g/mol. The van der Waals surface area contributed by atoms with Crippen LogP contribution in [0.5, 0.6) is 0 Å². The number of nitrogens with zero attached hydrogens (tertiary/aromatic N) is 2. The van der Waals surface area contributed by atoms with Crippen molar-refractivity contribution in [1.82, 2.24) is 10.0 Å². The summed E-state index contributed by atoms with van der Waals surface area (Å²) in [7, 11) is 2.69. The van der Waals surface area contributed by atoms with Gasteiger partial charge in [0.05, 0.1) is 18.4 Å². The van der Waals surface area contributed by atoms with Crippen molar-refractivity contribution in [3.63, 3.8) is 0 Å². The average Bonchev–Trinajstić information content (AvgIpc) is 2.69. The van der Waals surface area contributed by atoms with Crippen LogP contribution < -0.4 is 0 Å². The van der Waals surface area contributed by atoms with E-state index >= 15 is 0 Å². The van der Waals surface area contributed by atoms with Crippen molar-refractivity contribution in [3.05, 3.63) is 53.2 Å². The van der Waals surface area contributed by atoms with Crippen molar-refractivity contribution in [3.8, 4) is 11.3 Å². The fourth-order valence-corrected chi connectivity index (χ4v) is 2.78. The third kappa shape index (κ3) is 4.12. The van der Waals surface area contributed by atoms with E-state index in [1.807, 2.05) is 0 Å². The molecule has 0 bridgehead atoms. The number of rotatable bonds is 5. The molecule has 0 aliphatic carbocycles. The SMILES string of the molecule is CCc1cc(C(=O)N(C)OC)cnc1-c1ccc(C(O)(C(F)(F)F)C(F)(F)F)cc1. The van der Waals surface area contributed by atoms with Gasteiger partial charge >= 0.3 is 12.4 Å². The molecule has 0 radical (unpaired) electrons. The molecule has 0 aliphatic rings. The van der Waals surface area contributed by atoms with E-state index in [9.17, 15) is 36.2 Å². The molecule has 1 aromatic heterocycles. The highest BCUT2D eigenvalue weighted by Crippen LogP contribution is 2.50. The van der Waals surface area contributed by atoms with E-state index in [0.29, 0.717) is 24.1 Å². The molecule has 5 nitrogen and oxygen atoms in total. The van der Waals surface area contributed by atoms with E-state index in [2.05, 4.69) is 4.98 Å². The van der Waals surface area contributed by atoms with Crippen molar-refractivity contribution in [2.45, 2.75) is 31.3 Å². The molecule has 0 atom stereocenters. The first-order valence-electron chi connectivity index (χ1n) is 8.55. The lowest BCUT2D eigenvalue weighted by atomic mass is 9.90. The smallest absolute Gasteiger partial charge is 0.369 e. The third-order valence-electron chi connectivity index (χ3n) is 4.55. The molecule has 0 aliphatic heterocycles. The molecular formula is C19H18F6N2O3. The first-order valence-corrected chi connectivity index (χ1v) is 8.55. The number of hydroxylamine groups is 2. The molecule has 1 amide bonds. The van der Waals surface area contributed by atoms with E-state index in [-0.39, 0.29) is 16.8 Å². The molecule has 30 heavy (non-hydrogen) atoms. The van der Waals surface area contributed by atoms with E-state index in [1.54, 1.807) is 6.92 Å². The van der Waals surface area contributed by atoms with Crippen LogP contribution in [0.15, 0.2) is 36.5 Å². The lowest BCUT2D eigenvalue weighted by molar-refractivity contribution is -0.376. The van der Waals surface area contributed by atoms with E-state index in [0.717, 1.165) is 17.2 Å². The molecule has 1 heterocycles. The molecular weight excluding hydrogens is 418 g/mol. The summed E-state index contributed by atoms with van der Waals surface area (Å²) in [5, 5.41) is 10.4. The molecule has 2 rings (SSSR count). The van der Waals surface area contributed by atoms with Crippen LogP contribution in [0.1, 0.15) is 28.4 Å². The van der Waals surface area contributed by atoms with Gasteiger partial charge in [-0.25, -0.2) is 5.06 Å². The molecule has 0 saturated heterocycles. The Balaban J connectivity index is 2.49. The minimum absolute atomic E-state index is 0.195. The maximum absolute atomic E-state index is 13.0. The Labute approximate surface area is 167 Å². The Morgan fingerprint density at radius 3 is 2.07 bits per heavy atom. The largest absolute Gasteiger partial charge is 0.430 e. The number of aryl methyl sites for hydroxylation is 1. The molecule has 0 spiro atoms. The first-order chi connectivity index (χ1) is 13.8. The van der Waals surface area contributed by atoms with Gasteiger partial charge < -0.3 is 5.11 Å². The Hall–Kier alpha value is -2.66. The highest BCUT2D eigenvalue weighted by atomic mass is 19.4. The zero-order chi connectivity index (χ0) is 22.9. The van der Waals surface area contributed by atoms with Crippen molar-refractivity contribution < 1.29 is 41.1 Å². The van der Waals surface area contributed by atoms with Gasteiger partial charge in [0.25, 0.3) is 11.5 Å². The number of hydrogen-bond donors (Lipinski definition) is 1. The number of hydrogen-bond acceptors (Lipinski definition) is 4. The van der Waals surface area contributed by atoms with Crippen molar-refractivity contribution >= 4 is 5.91 Å². The maximum atomic E-state index is 13.0.